The maximum Gasteiger partial charge on any atom is 0.327 e. The summed E-state index contributed by atoms with van der Waals surface area (Å²) >= 11 is 0. The molecule has 1 amide bonds. The van der Waals surface area contributed by atoms with Crippen LogP contribution in [0.3, 0.4) is 0 Å². The van der Waals surface area contributed by atoms with Crippen molar-refractivity contribution in [3.8, 4) is 0 Å². The second-order valence-electron chi connectivity index (χ2n) is 4.97. The van der Waals surface area contributed by atoms with Gasteiger partial charge in [0.15, 0.2) is 0 Å². The first-order valence-corrected chi connectivity index (χ1v) is 5.96. The highest BCUT2D eigenvalue weighted by Gasteiger charge is 2.49. The number of nitrogens with zero attached hydrogens (tertiary/aromatic N) is 2. The molecule has 5 heteroatoms. The highest BCUT2D eigenvalue weighted by molar-refractivity contribution is 5.76. The number of hydrogen-bond acceptors (Lipinski definition) is 3. The first-order chi connectivity index (χ1) is 8.05. The van der Waals surface area contributed by atoms with Crippen LogP contribution in [0.1, 0.15) is 27.2 Å². The van der Waals surface area contributed by atoms with E-state index in [4.69, 9.17) is 4.74 Å². The van der Waals surface area contributed by atoms with Crippen molar-refractivity contribution >= 4 is 6.03 Å². The number of hydrogen-bond donors (Lipinski definition) is 1. The zero-order valence-corrected chi connectivity index (χ0v) is 10.5. The lowest BCUT2D eigenvalue weighted by Gasteiger charge is -2.51. The number of imidazole rings is 1. The van der Waals surface area contributed by atoms with Crippen molar-refractivity contribution in [3.63, 3.8) is 0 Å². The molecule has 0 aromatic carbocycles. The van der Waals surface area contributed by atoms with Crippen LogP contribution in [0.15, 0.2) is 18.7 Å². The summed E-state index contributed by atoms with van der Waals surface area (Å²) < 4.78 is 7.07. The van der Waals surface area contributed by atoms with Crippen molar-refractivity contribution in [2.24, 2.45) is 5.41 Å². The number of amides is 1. The topological polar surface area (TPSA) is 56.1 Å². The van der Waals surface area contributed by atoms with Crippen molar-refractivity contribution in [3.05, 3.63) is 18.7 Å². The fraction of sp³-hybridized carbons (Fsp3) is 0.667. The van der Waals surface area contributed by atoms with Gasteiger partial charge in [0.25, 0.3) is 0 Å². The van der Waals surface area contributed by atoms with E-state index in [0.717, 1.165) is 13.0 Å². The Bertz CT molecular complexity index is 386. The molecule has 1 fully saturated rings. The van der Waals surface area contributed by atoms with Gasteiger partial charge in [0.1, 0.15) is 6.33 Å². The van der Waals surface area contributed by atoms with Crippen LogP contribution in [-0.2, 0) is 4.74 Å². The van der Waals surface area contributed by atoms with Gasteiger partial charge in [-0.2, -0.15) is 0 Å². The van der Waals surface area contributed by atoms with E-state index >= 15 is 0 Å². The van der Waals surface area contributed by atoms with Gasteiger partial charge in [0.05, 0.1) is 6.10 Å². The first-order valence-electron chi connectivity index (χ1n) is 5.96. The number of ether oxygens (including phenoxy) is 1. The van der Waals surface area contributed by atoms with Crippen LogP contribution in [0.25, 0.3) is 0 Å². The van der Waals surface area contributed by atoms with E-state index in [1.54, 1.807) is 12.4 Å². The summed E-state index contributed by atoms with van der Waals surface area (Å²) in [5, 5.41) is 3.00. The van der Waals surface area contributed by atoms with Crippen molar-refractivity contribution in [2.75, 3.05) is 6.61 Å². The average molecular weight is 237 g/mol. The predicted molar refractivity (Wildman–Crippen MR) is 63.8 cm³/mol. The molecule has 17 heavy (non-hydrogen) atoms. The molecule has 2 rings (SSSR count). The van der Waals surface area contributed by atoms with E-state index in [-0.39, 0.29) is 23.6 Å². The molecule has 1 heterocycles. The van der Waals surface area contributed by atoms with Crippen LogP contribution in [-0.4, -0.2) is 34.3 Å². The molecule has 1 saturated carbocycles. The van der Waals surface area contributed by atoms with Crippen molar-refractivity contribution in [1.82, 2.24) is 14.9 Å². The Morgan fingerprint density at radius 3 is 2.94 bits per heavy atom. The molecular weight excluding hydrogens is 218 g/mol. The molecular formula is C12H19N3O2. The second kappa shape index (κ2) is 4.49. The second-order valence-corrected chi connectivity index (χ2v) is 4.97. The van der Waals surface area contributed by atoms with E-state index in [2.05, 4.69) is 24.1 Å². The Balaban J connectivity index is 1.92. The van der Waals surface area contributed by atoms with Crippen LogP contribution in [0, 0.1) is 5.41 Å². The van der Waals surface area contributed by atoms with E-state index in [1.807, 2.05) is 6.92 Å². The lowest BCUT2D eigenvalue weighted by atomic mass is 9.64. The van der Waals surface area contributed by atoms with Gasteiger partial charge in [-0.25, -0.2) is 9.78 Å². The Kier molecular flexibility index (Phi) is 3.19. The van der Waals surface area contributed by atoms with E-state index in [9.17, 15) is 4.79 Å². The maximum absolute atomic E-state index is 11.8. The third kappa shape index (κ3) is 2.20. The van der Waals surface area contributed by atoms with E-state index < -0.39 is 0 Å². The molecule has 5 nitrogen and oxygen atoms in total. The summed E-state index contributed by atoms with van der Waals surface area (Å²) in [6.07, 6.45) is 5.85. The number of nitrogens with one attached hydrogen (secondary N) is 1. The third-order valence-corrected chi connectivity index (χ3v) is 3.58. The number of carbonyl (C=O) groups is 1. The Morgan fingerprint density at radius 1 is 1.65 bits per heavy atom. The maximum atomic E-state index is 11.8. The quantitative estimate of drug-likeness (QED) is 0.869. The van der Waals surface area contributed by atoms with Gasteiger partial charge in [0.2, 0.25) is 0 Å². The van der Waals surface area contributed by atoms with Crippen LogP contribution in [0.5, 0.6) is 0 Å². The standard InChI is InChI=1S/C12H19N3O2/c1-4-17-10-7-9(12(10,2)3)14-11(16)15-6-5-13-8-15/h5-6,8-10H,4,7H2,1-3H3,(H,14,16). The zero-order valence-electron chi connectivity index (χ0n) is 10.5. The lowest BCUT2D eigenvalue weighted by Crippen LogP contribution is -2.62. The van der Waals surface area contributed by atoms with E-state index in [0.29, 0.717) is 0 Å². The van der Waals surface area contributed by atoms with Gasteiger partial charge in [-0.15, -0.1) is 0 Å². The summed E-state index contributed by atoms with van der Waals surface area (Å²) in [4.78, 5) is 15.7. The fourth-order valence-electron chi connectivity index (χ4n) is 2.22. The lowest BCUT2D eigenvalue weighted by molar-refractivity contribution is -0.110. The van der Waals surface area contributed by atoms with Gasteiger partial charge < -0.3 is 10.1 Å². The Morgan fingerprint density at radius 2 is 2.41 bits per heavy atom. The summed E-state index contributed by atoms with van der Waals surface area (Å²) in [6.45, 7) is 6.95. The highest BCUT2D eigenvalue weighted by Crippen LogP contribution is 2.42. The molecule has 1 aliphatic rings. The molecule has 94 valence electrons. The third-order valence-electron chi connectivity index (χ3n) is 3.58. The first kappa shape index (κ1) is 12.1. The molecule has 1 aliphatic carbocycles. The Labute approximate surface area is 101 Å². The minimum atomic E-state index is -0.129. The zero-order chi connectivity index (χ0) is 12.5. The minimum Gasteiger partial charge on any atom is -0.378 e. The van der Waals surface area contributed by atoms with Crippen LogP contribution in [0.4, 0.5) is 4.79 Å². The number of aromatic nitrogens is 2. The van der Waals surface area contributed by atoms with Crippen LogP contribution < -0.4 is 5.32 Å². The molecule has 2 unspecified atom stereocenters. The molecule has 0 radical (unpaired) electrons. The van der Waals surface area contributed by atoms with Gasteiger partial charge in [-0.1, -0.05) is 13.8 Å². The predicted octanol–water partition coefficient (Wildman–Crippen LogP) is 1.64. The molecule has 0 bridgehead atoms. The van der Waals surface area contributed by atoms with Crippen molar-refractivity contribution in [1.29, 1.82) is 0 Å². The smallest absolute Gasteiger partial charge is 0.327 e. The van der Waals surface area contributed by atoms with Gasteiger partial charge in [0, 0.05) is 30.5 Å². The average Bonchev–Trinajstić information content (AvgIpc) is 2.81. The number of carbonyl (C=O) groups excluding carboxylic acids is 1. The molecule has 1 aromatic rings. The minimum absolute atomic E-state index is 0.00769. The molecule has 0 spiro atoms. The Hall–Kier alpha value is -1.36. The largest absolute Gasteiger partial charge is 0.378 e. The van der Waals surface area contributed by atoms with Gasteiger partial charge >= 0.3 is 6.03 Å². The summed E-state index contributed by atoms with van der Waals surface area (Å²) in [7, 11) is 0. The normalized spacial score (nSPS) is 26.3. The fourth-order valence-corrected chi connectivity index (χ4v) is 2.22. The molecule has 2 atom stereocenters. The van der Waals surface area contributed by atoms with Crippen LogP contribution in [0.2, 0.25) is 0 Å². The highest BCUT2D eigenvalue weighted by atomic mass is 16.5. The summed E-state index contributed by atoms with van der Waals surface area (Å²) in [5.74, 6) is 0. The molecule has 1 aromatic heterocycles. The monoisotopic (exact) mass is 237 g/mol. The van der Waals surface area contributed by atoms with Gasteiger partial charge in [-0.05, 0) is 13.3 Å². The SMILES string of the molecule is CCOC1CC(NC(=O)n2ccnc2)C1(C)C. The van der Waals surface area contributed by atoms with E-state index in [1.165, 1.54) is 10.9 Å². The molecule has 0 aliphatic heterocycles. The molecule has 1 N–H and O–H groups in total. The number of rotatable bonds is 3. The summed E-state index contributed by atoms with van der Waals surface area (Å²) in [5.41, 5.74) is -0.00769. The van der Waals surface area contributed by atoms with Crippen molar-refractivity contribution in [2.45, 2.75) is 39.3 Å². The van der Waals surface area contributed by atoms with Crippen LogP contribution >= 0.6 is 0 Å². The summed E-state index contributed by atoms with van der Waals surface area (Å²) in [6, 6.07) is 0.0319. The molecule has 0 saturated heterocycles. The van der Waals surface area contributed by atoms with Gasteiger partial charge in [-0.3, -0.25) is 4.57 Å². The van der Waals surface area contributed by atoms with Crippen molar-refractivity contribution < 1.29 is 9.53 Å².